The highest BCUT2D eigenvalue weighted by atomic mass is 16.5. The minimum absolute atomic E-state index is 0.344. The topological polar surface area (TPSA) is 109 Å². The molecule has 1 aliphatic rings. The van der Waals surface area contributed by atoms with Gasteiger partial charge in [-0.2, -0.15) is 0 Å². The van der Waals surface area contributed by atoms with Gasteiger partial charge in [-0.15, -0.1) is 0 Å². The molecule has 2 aromatic rings. The minimum Gasteiger partial charge on any atom is -0.465 e. The van der Waals surface area contributed by atoms with Crippen molar-refractivity contribution in [3.8, 4) is 0 Å². The van der Waals surface area contributed by atoms with Crippen LogP contribution >= 0.6 is 0 Å². The molecule has 3 heterocycles. The van der Waals surface area contributed by atoms with Crippen molar-refractivity contribution in [3.05, 3.63) is 30.2 Å². The quantitative estimate of drug-likeness (QED) is 0.756. The molecule has 1 saturated heterocycles. The SMILES string of the molecule is COC(=O)c1cnc(Nc2cnc(N)cn2)cc1N(C)C1CCN(C)CC1. The summed E-state index contributed by atoms with van der Waals surface area (Å²) in [5.74, 6) is 1.03. The zero-order valence-electron chi connectivity index (χ0n) is 15.8. The van der Waals surface area contributed by atoms with Gasteiger partial charge in [0.2, 0.25) is 0 Å². The molecule has 1 fully saturated rings. The first kappa shape index (κ1) is 18.8. The van der Waals surface area contributed by atoms with Gasteiger partial charge in [-0.05, 0) is 33.0 Å². The highest BCUT2D eigenvalue weighted by molar-refractivity contribution is 5.96. The Morgan fingerprint density at radius 1 is 1.22 bits per heavy atom. The Bertz CT molecular complexity index is 789. The fourth-order valence-corrected chi connectivity index (χ4v) is 3.18. The molecular weight excluding hydrogens is 346 g/mol. The first-order chi connectivity index (χ1) is 13.0. The number of pyridine rings is 1. The summed E-state index contributed by atoms with van der Waals surface area (Å²) in [6, 6.07) is 2.18. The lowest BCUT2D eigenvalue weighted by molar-refractivity contribution is 0.0601. The van der Waals surface area contributed by atoms with E-state index in [4.69, 9.17) is 10.5 Å². The van der Waals surface area contributed by atoms with Crippen molar-refractivity contribution in [1.82, 2.24) is 19.9 Å². The van der Waals surface area contributed by atoms with Gasteiger partial charge in [0.05, 0.1) is 25.2 Å². The van der Waals surface area contributed by atoms with Crippen LogP contribution in [0.2, 0.25) is 0 Å². The second-order valence-corrected chi connectivity index (χ2v) is 6.68. The molecule has 0 amide bonds. The van der Waals surface area contributed by atoms with Gasteiger partial charge in [-0.3, -0.25) is 0 Å². The second kappa shape index (κ2) is 8.17. The fraction of sp³-hybridized carbons (Fsp3) is 0.444. The predicted octanol–water partition coefficient (Wildman–Crippen LogP) is 1.51. The molecule has 0 aromatic carbocycles. The number of ether oxygens (including phenoxy) is 1. The predicted molar refractivity (Wildman–Crippen MR) is 104 cm³/mol. The van der Waals surface area contributed by atoms with Crippen molar-refractivity contribution in [3.63, 3.8) is 0 Å². The number of nitrogens with zero attached hydrogens (tertiary/aromatic N) is 5. The van der Waals surface area contributed by atoms with Crippen molar-refractivity contribution in [1.29, 1.82) is 0 Å². The second-order valence-electron chi connectivity index (χ2n) is 6.68. The van der Waals surface area contributed by atoms with Gasteiger partial charge in [-0.25, -0.2) is 19.7 Å². The number of likely N-dealkylation sites (tertiary alicyclic amines) is 1. The number of aromatic nitrogens is 3. The summed E-state index contributed by atoms with van der Waals surface area (Å²) >= 11 is 0. The number of hydrogen-bond acceptors (Lipinski definition) is 9. The van der Waals surface area contributed by atoms with Crippen molar-refractivity contribution >= 4 is 29.1 Å². The number of carbonyl (C=O) groups excluding carboxylic acids is 1. The lowest BCUT2D eigenvalue weighted by atomic mass is 10.0. The number of rotatable bonds is 5. The van der Waals surface area contributed by atoms with Gasteiger partial charge in [0.1, 0.15) is 23.0 Å². The number of nitrogens with one attached hydrogen (secondary N) is 1. The van der Waals surface area contributed by atoms with E-state index in [1.165, 1.54) is 25.7 Å². The Hall–Kier alpha value is -2.94. The number of piperidine rings is 1. The van der Waals surface area contributed by atoms with Crippen LogP contribution in [0.1, 0.15) is 23.2 Å². The summed E-state index contributed by atoms with van der Waals surface area (Å²) in [5.41, 5.74) is 6.78. The van der Waals surface area contributed by atoms with E-state index in [9.17, 15) is 4.79 Å². The maximum Gasteiger partial charge on any atom is 0.341 e. The smallest absolute Gasteiger partial charge is 0.341 e. The van der Waals surface area contributed by atoms with E-state index in [2.05, 4.69) is 37.1 Å². The molecule has 0 aliphatic carbocycles. The first-order valence-corrected chi connectivity index (χ1v) is 8.82. The molecule has 0 atom stereocenters. The van der Waals surface area contributed by atoms with E-state index < -0.39 is 5.97 Å². The van der Waals surface area contributed by atoms with Crippen LogP contribution < -0.4 is 16.0 Å². The molecule has 0 radical (unpaired) electrons. The maximum absolute atomic E-state index is 12.2. The molecule has 9 heteroatoms. The van der Waals surface area contributed by atoms with Crippen molar-refractivity contribution in [2.75, 3.05) is 50.2 Å². The van der Waals surface area contributed by atoms with Gasteiger partial charge >= 0.3 is 5.97 Å². The Balaban J connectivity index is 1.88. The van der Waals surface area contributed by atoms with E-state index in [1.807, 2.05) is 13.1 Å². The van der Waals surface area contributed by atoms with Crippen LogP contribution in [0.15, 0.2) is 24.7 Å². The van der Waals surface area contributed by atoms with E-state index >= 15 is 0 Å². The summed E-state index contributed by atoms with van der Waals surface area (Å²) in [7, 11) is 5.50. The summed E-state index contributed by atoms with van der Waals surface area (Å²) in [6.45, 7) is 2.06. The van der Waals surface area contributed by atoms with Crippen LogP contribution in [0.3, 0.4) is 0 Å². The van der Waals surface area contributed by atoms with Crippen LogP contribution in [0.5, 0.6) is 0 Å². The number of nitrogens with two attached hydrogens (primary N) is 1. The molecule has 0 unspecified atom stereocenters. The van der Waals surface area contributed by atoms with Gasteiger partial charge in [0.25, 0.3) is 0 Å². The molecule has 1 aliphatic heterocycles. The molecule has 9 nitrogen and oxygen atoms in total. The number of anilines is 4. The number of nitrogen functional groups attached to an aromatic ring is 1. The molecule has 0 bridgehead atoms. The molecule has 0 spiro atoms. The number of esters is 1. The fourth-order valence-electron chi connectivity index (χ4n) is 3.18. The number of carbonyl (C=O) groups is 1. The summed E-state index contributed by atoms with van der Waals surface area (Å²) in [6.07, 6.45) is 6.59. The average molecular weight is 371 g/mol. The first-order valence-electron chi connectivity index (χ1n) is 8.82. The minimum atomic E-state index is -0.406. The van der Waals surface area contributed by atoms with Crippen LogP contribution in [0.25, 0.3) is 0 Å². The highest BCUT2D eigenvalue weighted by Gasteiger charge is 2.25. The largest absolute Gasteiger partial charge is 0.465 e. The van der Waals surface area contributed by atoms with E-state index in [1.54, 1.807) is 0 Å². The number of hydrogen-bond donors (Lipinski definition) is 2. The normalized spacial score (nSPS) is 15.4. The zero-order chi connectivity index (χ0) is 19.4. The van der Waals surface area contributed by atoms with Gasteiger partial charge in [0.15, 0.2) is 0 Å². The molecular formula is C18H25N7O2. The van der Waals surface area contributed by atoms with Gasteiger partial charge in [0, 0.05) is 25.4 Å². The third kappa shape index (κ3) is 4.43. The van der Waals surface area contributed by atoms with Crippen molar-refractivity contribution in [2.45, 2.75) is 18.9 Å². The Morgan fingerprint density at radius 3 is 2.56 bits per heavy atom. The average Bonchev–Trinajstić information content (AvgIpc) is 2.69. The van der Waals surface area contributed by atoms with Gasteiger partial charge in [-0.1, -0.05) is 0 Å². The lowest BCUT2D eigenvalue weighted by Gasteiger charge is -2.37. The third-order valence-electron chi connectivity index (χ3n) is 4.83. The molecule has 3 rings (SSSR count). The van der Waals surface area contributed by atoms with Crippen molar-refractivity contribution < 1.29 is 9.53 Å². The standard InChI is InChI=1S/C18H25N7O2/c1-24-6-4-12(5-7-24)25(2)14-8-16(21-9-13(14)18(26)27-3)23-17-11-20-15(19)10-22-17/h8-12H,4-7H2,1-3H3,(H2,19,20)(H,21,22,23). The zero-order valence-corrected chi connectivity index (χ0v) is 15.8. The Morgan fingerprint density at radius 2 is 1.93 bits per heavy atom. The molecule has 3 N–H and O–H groups in total. The third-order valence-corrected chi connectivity index (χ3v) is 4.83. The Kier molecular flexibility index (Phi) is 5.70. The highest BCUT2D eigenvalue weighted by Crippen LogP contribution is 2.28. The van der Waals surface area contributed by atoms with E-state index in [-0.39, 0.29) is 0 Å². The molecule has 27 heavy (non-hydrogen) atoms. The monoisotopic (exact) mass is 371 g/mol. The van der Waals surface area contributed by atoms with Crippen LogP contribution in [-0.2, 0) is 4.74 Å². The van der Waals surface area contributed by atoms with Crippen LogP contribution in [-0.4, -0.2) is 66.2 Å². The lowest BCUT2D eigenvalue weighted by Crippen LogP contribution is -2.42. The summed E-state index contributed by atoms with van der Waals surface area (Å²) in [5, 5.41) is 3.09. The van der Waals surface area contributed by atoms with Crippen LogP contribution in [0.4, 0.5) is 23.1 Å². The summed E-state index contributed by atoms with van der Waals surface area (Å²) in [4.78, 5) is 29.2. The van der Waals surface area contributed by atoms with Crippen LogP contribution in [0, 0.1) is 0 Å². The maximum atomic E-state index is 12.2. The molecule has 2 aromatic heterocycles. The van der Waals surface area contributed by atoms with E-state index in [0.29, 0.717) is 29.1 Å². The summed E-state index contributed by atoms with van der Waals surface area (Å²) < 4.78 is 4.93. The molecule has 144 valence electrons. The molecule has 0 saturated carbocycles. The van der Waals surface area contributed by atoms with E-state index in [0.717, 1.165) is 31.6 Å². The Labute approximate surface area is 158 Å². The van der Waals surface area contributed by atoms with Crippen molar-refractivity contribution in [2.24, 2.45) is 0 Å². The van der Waals surface area contributed by atoms with Gasteiger partial charge < -0.3 is 25.6 Å². The number of methoxy groups -OCH3 is 1.